The number of fused-ring (bicyclic) bond motifs is 1. The first-order valence-corrected chi connectivity index (χ1v) is 8.46. The van der Waals surface area contributed by atoms with Gasteiger partial charge >= 0.3 is 0 Å². The number of benzene rings is 1. The Kier molecular flexibility index (Phi) is 4.14. The molecule has 4 aromatic rings. The fourth-order valence-electron chi connectivity index (χ4n) is 2.78. The van der Waals surface area contributed by atoms with Crippen LogP contribution in [-0.2, 0) is 0 Å². The molecule has 5 nitrogen and oxygen atoms in total. The third-order valence-electron chi connectivity index (χ3n) is 4.02. The van der Waals surface area contributed by atoms with E-state index in [9.17, 15) is 4.79 Å². The Hall–Kier alpha value is -3.18. The Balaban J connectivity index is 1.81. The van der Waals surface area contributed by atoms with Gasteiger partial charge in [-0.2, -0.15) is 4.52 Å². The van der Waals surface area contributed by atoms with Crippen molar-refractivity contribution in [2.24, 2.45) is 0 Å². The lowest BCUT2D eigenvalue weighted by atomic mass is 10.2. The Bertz CT molecular complexity index is 1160. The van der Waals surface area contributed by atoms with Gasteiger partial charge in [0.05, 0.1) is 11.4 Å². The SMILES string of the molecule is Cc1cn(-c2ccc(Cl)cc2)n2c(=O)cc(/C=C/c3cccnc3)nc12. The number of hydrogen-bond donors (Lipinski definition) is 0. The number of hydrogen-bond acceptors (Lipinski definition) is 3. The second-order valence-corrected chi connectivity index (χ2v) is 6.34. The molecule has 0 bridgehead atoms. The van der Waals surface area contributed by atoms with E-state index in [1.807, 2.05) is 49.5 Å². The third kappa shape index (κ3) is 3.05. The molecule has 0 aliphatic heterocycles. The maximum absolute atomic E-state index is 12.7. The van der Waals surface area contributed by atoms with Crippen molar-refractivity contribution in [1.82, 2.24) is 19.2 Å². The molecule has 0 spiro atoms. The molecule has 3 heterocycles. The van der Waals surface area contributed by atoms with Gasteiger partial charge in [-0.25, -0.2) is 4.98 Å². The van der Waals surface area contributed by atoms with E-state index < -0.39 is 0 Å². The van der Waals surface area contributed by atoms with Gasteiger partial charge in [-0.15, -0.1) is 0 Å². The lowest BCUT2D eigenvalue weighted by molar-refractivity contribution is 0.763. The third-order valence-corrected chi connectivity index (χ3v) is 4.27. The van der Waals surface area contributed by atoms with Crippen molar-refractivity contribution in [3.63, 3.8) is 0 Å². The van der Waals surface area contributed by atoms with Crippen LogP contribution in [0.15, 0.2) is 65.8 Å². The highest BCUT2D eigenvalue weighted by molar-refractivity contribution is 6.30. The molecule has 128 valence electrons. The van der Waals surface area contributed by atoms with Crippen LogP contribution in [0.3, 0.4) is 0 Å². The minimum atomic E-state index is -0.149. The molecule has 0 aliphatic rings. The molecule has 0 saturated heterocycles. The molecule has 0 aliphatic carbocycles. The molecular formula is C20H15ClN4O. The summed E-state index contributed by atoms with van der Waals surface area (Å²) in [5.74, 6) is 0. The van der Waals surface area contributed by atoms with Gasteiger partial charge in [0.25, 0.3) is 5.56 Å². The fraction of sp³-hybridized carbons (Fsp3) is 0.0500. The monoisotopic (exact) mass is 362 g/mol. The quantitative estimate of drug-likeness (QED) is 0.553. The molecule has 4 rings (SSSR count). The van der Waals surface area contributed by atoms with Crippen molar-refractivity contribution in [1.29, 1.82) is 0 Å². The molecule has 0 saturated carbocycles. The van der Waals surface area contributed by atoms with Crippen molar-refractivity contribution < 1.29 is 0 Å². The second kappa shape index (κ2) is 6.61. The molecule has 0 fully saturated rings. The maximum Gasteiger partial charge on any atom is 0.273 e. The molecule has 6 heteroatoms. The summed E-state index contributed by atoms with van der Waals surface area (Å²) in [6.07, 6.45) is 9.07. The molecular weight excluding hydrogens is 348 g/mol. The molecule has 0 N–H and O–H groups in total. The van der Waals surface area contributed by atoms with Crippen LogP contribution in [0.1, 0.15) is 16.8 Å². The van der Waals surface area contributed by atoms with Crippen LogP contribution in [-0.4, -0.2) is 19.2 Å². The van der Waals surface area contributed by atoms with E-state index in [0.29, 0.717) is 16.4 Å². The van der Waals surface area contributed by atoms with Crippen molar-refractivity contribution in [3.05, 3.63) is 93.3 Å². The largest absolute Gasteiger partial charge is 0.273 e. The average Bonchev–Trinajstić information content (AvgIpc) is 2.99. The van der Waals surface area contributed by atoms with Crippen molar-refractivity contribution in [3.8, 4) is 5.69 Å². The minimum absolute atomic E-state index is 0.149. The van der Waals surface area contributed by atoms with Gasteiger partial charge in [-0.05, 0) is 48.9 Å². The predicted octanol–water partition coefficient (Wildman–Crippen LogP) is 4.01. The molecule has 0 radical (unpaired) electrons. The van der Waals surface area contributed by atoms with Gasteiger partial charge in [0.1, 0.15) is 0 Å². The first-order valence-electron chi connectivity index (χ1n) is 8.08. The van der Waals surface area contributed by atoms with E-state index in [1.165, 1.54) is 6.07 Å². The van der Waals surface area contributed by atoms with Crippen LogP contribution in [0, 0.1) is 6.92 Å². The summed E-state index contributed by atoms with van der Waals surface area (Å²) in [4.78, 5) is 21.4. The van der Waals surface area contributed by atoms with Crippen LogP contribution >= 0.6 is 11.6 Å². The van der Waals surface area contributed by atoms with Crippen molar-refractivity contribution >= 4 is 29.4 Å². The zero-order chi connectivity index (χ0) is 18.1. The van der Waals surface area contributed by atoms with Gasteiger partial charge in [0, 0.05) is 35.2 Å². The van der Waals surface area contributed by atoms with Crippen LogP contribution < -0.4 is 5.56 Å². The van der Waals surface area contributed by atoms with Gasteiger partial charge < -0.3 is 0 Å². The average molecular weight is 363 g/mol. The molecule has 26 heavy (non-hydrogen) atoms. The zero-order valence-electron chi connectivity index (χ0n) is 14.0. The minimum Gasteiger partial charge on any atom is -0.267 e. The van der Waals surface area contributed by atoms with E-state index in [4.69, 9.17) is 11.6 Å². The summed E-state index contributed by atoms with van der Waals surface area (Å²) < 4.78 is 3.34. The van der Waals surface area contributed by atoms with Crippen molar-refractivity contribution in [2.45, 2.75) is 6.92 Å². The van der Waals surface area contributed by atoms with E-state index in [2.05, 4.69) is 9.97 Å². The van der Waals surface area contributed by atoms with E-state index in [-0.39, 0.29) is 5.56 Å². The normalized spacial score (nSPS) is 11.5. The number of halogens is 1. The summed E-state index contributed by atoms with van der Waals surface area (Å²) in [5.41, 5.74) is 3.78. The van der Waals surface area contributed by atoms with Gasteiger partial charge in [0.15, 0.2) is 5.65 Å². The van der Waals surface area contributed by atoms with Crippen LogP contribution in [0.5, 0.6) is 0 Å². The fourth-order valence-corrected chi connectivity index (χ4v) is 2.91. The van der Waals surface area contributed by atoms with Crippen molar-refractivity contribution in [2.75, 3.05) is 0 Å². The number of rotatable bonds is 3. The van der Waals surface area contributed by atoms with Crippen LogP contribution in [0.25, 0.3) is 23.5 Å². The van der Waals surface area contributed by atoms with Gasteiger partial charge in [-0.3, -0.25) is 14.5 Å². The first kappa shape index (κ1) is 16.3. The first-order chi connectivity index (χ1) is 12.6. The highest BCUT2D eigenvalue weighted by Gasteiger charge is 2.11. The van der Waals surface area contributed by atoms with Crippen LogP contribution in [0.4, 0.5) is 0 Å². The molecule has 0 unspecified atom stereocenters. The predicted molar refractivity (Wildman–Crippen MR) is 104 cm³/mol. The highest BCUT2D eigenvalue weighted by atomic mass is 35.5. The number of pyridine rings is 1. The molecule has 0 atom stereocenters. The topological polar surface area (TPSA) is 52.2 Å². The molecule has 1 aromatic carbocycles. The Morgan fingerprint density at radius 2 is 1.92 bits per heavy atom. The number of aromatic nitrogens is 4. The lowest BCUT2D eigenvalue weighted by Crippen LogP contribution is -2.20. The standard InChI is InChI=1S/C20H15ClN4O/c1-14-13-24(18-8-5-16(21)6-9-18)25-19(26)11-17(23-20(14)25)7-4-15-3-2-10-22-12-15/h2-13H,1H3/b7-4+. The summed E-state index contributed by atoms with van der Waals surface area (Å²) in [6.45, 7) is 1.93. The zero-order valence-corrected chi connectivity index (χ0v) is 14.8. The summed E-state index contributed by atoms with van der Waals surface area (Å²) in [6, 6.07) is 12.6. The Morgan fingerprint density at radius 3 is 2.65 bits per heavy atom. The maximum atomic E-state index is 12.7. The number of nitrogens with zero attached hydrogens (tertiary/aromatic N) is 4. The van der Waals surface area contributed by atoms with E-state index in [1.54, 1.807) is 33.7 Å². The lowest BCUT2D eigenvalue weighted by Gasteiger charge is -2.06. The molecule has 0 amide bonds. The Morgan fingerprint density at radius 1 is 1.12 bits per heavy atom. The highest BCUT2D eigenvalue weighted by Crippen LogP contribution is 2.17. The molecule has 3 aromatic heterocycles. The summed E-state index contributed by atoms with van der Waals surface area (Å²) in [5, 5.41) is 0.648. The van der Waals surface area contributed by atoms with Gasteiger partial charge in [-0.1, -0.05) is 23.7 Å². The smallest absolute Gasteiger partial charge is 0.267 e. The Labute approximate surface area is 154 Å². The van der Waals surface area contributed by atoms with E-state index in [0.717, 1.165) is 16.8 Å². The summed E-state index contributed by atoms with van der Waals surface area (Å²) in [7, 11) is 0. The van der Waals surface area contributed by atoms with Crippen LogP contribution in [0.2, 0.25) is 5.02 Å². The summed E-state index contributed by atoms with van der Waals surface area (Å²) >= 11 is 5.96. The van der Waals surface area contributed by atoms with Gasteiger partial charge in [0.2, 0.25) is 0 Å². The van der Waals surface area contributed by atoms with E-state index >= 15 is 0 Å². The number of aryl methyl sites for hydroxylation is 1. The second-order valence-electron chi connectivity index (χ2n) is 5.91.